The highest BCUT2D eigenvalue weighted by Crippen LogP contribution is 2.37. The third kappa shape index (κ3) is 1.86. The molecule has 0 spiro atoms. The van der Waals surface area contributed by atoms with Crippen molar-refractivity contribution in [2.75, 3.05) is 11.9 Å². The smallest absolute Gasteiger partial charge is 0.370 e. The molecule has 0 radical (unpaired) electrons. The Bertz CT molecular complexity index is 867. The van der Waals surface area contributed by atoms with Gasteiger partial charge in [0.1, 0.15) is 0 Å². The van der Waals surface area contributed by atoms with Crippen LogP contribution < -0.4 is 14.2 Å². The van der Waals surface area contributed by atoms with Crippen LogP contribution in [0.4, 0.5) is 5.69 Å². The fourth-order valence-corrected chi connectivity index (χ4v) is 2.45. The number of oxazole rings is 1. The first-order chi connectivity index (χ1) is 10.2. The molecule has 0 unspecified atom stereocenters. The number of ether oxygens (including phenoxy) is 1. The summed E-state index contributed by atoms with van der Waals surface area (Å²) in [6.07, 6.45) is 3.75. The van der Waals surface area contributed by atoms with E-state index in [-0.39, 0.29) is 0 Å². The molecule has 0 saturated heterocycles. The number of hydrogen-bond acceptors (Lipinski definition) is 4. The molecule has 1 aromatic carbocycles. The molecule has 104 valence electrons. The zero-order chi connectivity index (χ0) is 14.4. The Morgan fingerprint density at radius 3 is 2.86 bits per heavy atom. The summed E-state index contributed by atoms with van der Waals surface area (Å²) in [4.78, 5) is 6.46. The number of pyridine rings is 1. The minimum atomic E-state index is 0.529. The van der Waals surface area contributed by atoms with Gasteiger partial charge in [0.05, 0.1) is 25.0 Å². The first kappa shape index (κ1) is 12.0. The second kappa shape index (κ2) is 4.34. The fraction of sp³-hybridized carbons (Fsp3) is 0.125. The normalized spacial score (nSPS) is 15.5. The molecule has 3 aromatic rings. The van der Waals surface area contributed by atoms with Crippen molar-refractivity contribution in [3.05, 3.63) is 54.4 Å². The van der Waals surface area contributed by atoms with Crippen molar-refractivity contribution >= 4 is 23.0 Å². The SMILES string of the molecule is CN1C(=Cc2nc3c(ccc[n+]3C)o2)Oc2ccccc21. The van der Waals surface area contributed by atoms with Crippen molar-refractivity contribution < 1.29 is 13.7 Å². The minimum absolute atomic E-state index is 0.529. The van der Waals surface area contributed by atoms with Crippen LogP contribution in [-0.4, -0.2) is 12.0 Å². The van der Waals surface area contributed by atoms with E-state index < -0.39 is 0 Å². The number of nitrogens with zero attached hydrogens (tertiary/aromatic N) is 3. The van der Waals surface area contributed by atoms with E-state index in [1.807, 2.05) is 66.2 Å². The van der Waals surface area contributed by atoms with Crippen molar-refractivity contribution in [3.63, 3.8) is 0 Å². The van der Waals surface area contributed by atoms with Crippen LogP contribution in [0.5, 0.6) is 5.75 Å². The molecule has 0 N–H and O–H groups in total. The van der Waals surface area contributed by atoms with Crippen molar-refractivity contribution in [1.29, 1.82) is 0 Å². The lowest BCUT2D eigenvalue weighted by Crippen LogP contribution is -2.28. The summed E-state index contributed by atoms with van der Waals surface area (Å²) in [7, 11) is 3.90. The second-order valence-corrected chi connectivity index (χ2v) is 4.97. The van der Waals surface area contributed by atoms with Gasteiger partial charge in [0, 0.05) is 12.0 Å². The lowest BCUT2D eigenvalue weighted by Gasteiger charge is -2.09. The minimum Gasteiger partial charge on any atom is -0.438 e. The Balaban J connectivity index is 1.76. The first-order valence-corrected chi connectivity index (χ1v) is 6.70. The Morgan fingerprint density at radius 1 is 1.19 bits per heavy atom. The molecule has 0 aliphatic carbocycles. The fourth-order valence-electron chi connectivity index (χ4n) is 2.45. The van der Waals surface area contributed by atoms with Gasteiger partial charge in [-0.3, -0.25) is 0 Å². The number of fused-ring (bicyclic) bond motifs is 2. The lowest BCUT2D eigenvalue weighted by atomic mass is 10.3. The van der Waals surface area contributed by atoms with Gasteiger partial charge in [-0.1, -0.05) is 12.1 Å². The van der Waals surface area contributed by atoms with E-state index in [1.165, 1.54) is 0 Å². The van der Waals surface area contributed by atoms with Gasteiger partial charge < -0.3 is 14.1 Å². The maximum atomic E-state index is 5.83. The van der Waals surface area contributed by atoms with Crippen LogP contribution >= 0.6 is 0 Å². The maximum absolute atomic E-state index is 5.83. The number of para-hydroxylation sites is 2. The van der Waals surface area contributed by atoms with Gasteiger partial charge in [0.2, 0.25) is 11.5 Å². The third-order valence-electron chi connectivity index (χ3n) is 3.56. The predicted octanol–water partition coefficient (Wildman–Crippen LogP) is 2.48. The van der Waals surface area contributed by atoms with E-state index in [4.69, 9.17) is 9.15 Å². The maximum Gasteiger partial charge on any atom is 0.370 e. The molecule has 5 nitrogen and oxygen atoms in total. The zero-order valence-electron chi connectivity index (χ0n) is 11.8. The summed E-state index contributed by atoms with van der Waals surface area (Å²) >= 11 is 0. The summed E-state index contributed by atoms with van der Waals surface area (Å²) in [6.45, 7) is 0. The lowest BCUT2D eigenvalue weighted by molar-refractivity contribution is -0.646. The van der Waals surface area contributed by atoms with E-state index in [0.717, 1.165) is 22.7 Å². The molecule has 21 heavy (non-hydrogen) atoms. The number of aryl methyl sites for hydroxylation is 1. The summed E-state index contributed by atoms with van der Waals surface area (Å²) in [5.74, 6) is 2.07. The standard InChI is InChI=1S/C16H14N3O2/c1-18-9-5-8-13-16(18)17-14(20-13)10-15-19(2)11-6-3-4-7-12(11)21-15/h3-10H,1-2H3/q+1. The first-order valence-electron chi connectivity index (χ1n) is 6.70. The van der Waals surface area contributed by atoms with Crippen LogP contribution in [0.25, 0.3) is 17.3 Å². The Kier molecular flexibility index (Phi) is 2.47. The molecule has 5 heteroatoms. The van der Waals surface area contributed by atoms with Crippen molar-refractivity contribution in [2.45, 2.75) is 0 Å². The second-order valence-electron chi connectivity index (χ2n) is 4.97. The topological polar surface area (TPSA) is 42.4 Å². The highest BCUT2D eigenvalue weighted by atomic mass is 16.5. The molecule has 1 aliphatic rings. The Labute approximate surface area is 121 Å². The van der Waals surface area contributed by atoms with Crippen LogP contribution in [0.2, 0.25) is 0 Å². The van der Waals surface area contributed by atoms with Crippen LogP contribution in [0.3, 0.4) is 0 Å². The van der Waals surface area contributed by atoms with Gasteiger partial charge in [-0.15, -0.1) is 0 Å². The molecule has 0 bridgehead atoms. The van der Waals surface area contributed by atoms with E-state index >= 15 is 0 Å². The molecule has 3 heterocycles. The molecular formula is C16H14N3O2+. The van der Waals surface area contributed by atoms with Crippen LogP contribution in [0.15, 0.2) is 52.9 Å². The van der Waals surface area contributed by atoms with Crippen molar-refractivity contribution in [3.8, 4) is 5.75 Å². The van der Waals surface area contributed by atoms with Gasteiger partial charge in [-0.05, 0) is 24.3 Å². The van der Waals surface area contributed by atoms with Crippen LogP contribution in [0.1, 0.15) is 5.89 Å². The molecular weight excluding hydrogens is 266 g/mol. The predicted molar refractivity (Wildman–Crippen MR) is 78.6 cm³/mol. The molecule has 0 fully saturated rings. The summed E-state index contributed by atoms with van der Waals surface area (Å²) in [5.41, 5.74) is 2.60. The van der Waals surface area contributed by atoms with E-state index in [2.05, 4.69) is 4.98 Å². The average molecular weight is 280 g/mol. The summed E-state index contributed by atoms with van der Waals surface area (Å²) in [6, 6.07) is 11.7. The quantitative estimate of drug-likeness (QED) is 0.642. The van der Waals surface area contributed by atoms with E-state index in [9.17, 15) is 0 Å². The molecule has 0 saturated carbocycles. The van der Waals surface area contributed by atoms with E-state index in [1.54, 1.807) is 6.08 Å². The Morgan fingerprint density at radius 2 is 2.05 bits per heavy atom. The van der Waals surface area contributed by atoms with Crippen LogP contribution in [-0.2, 0) is 7.05 Å². The molecule has 0 amide bonds. The summed E-state index contributed by atoms with van der Waals surface area (Å²) < 4.78 is 13.5. The number of hydrogen-bond donors (Lipinski definition) is 0. The monoisotopic (exact) mass is 280 g/mol. The molecule has 1 aliphatic heterocycles. The van der Waals surface area contributed by atoms with Gasteiger partial charge in [-0.2, -0.15) is 0 Å². The zero-order valence-corrected chi connectivity index (χ0v) is 11.8. The summed E-state index contributed by atoms with van der Waals surface area (Å²) in [5, 5.41) is 0. The highest BCUT2D eigenvalue weighted by molar-refractivity contribution is 5.71. The van der Waals surface area contributed by atoms with Gasteiger partial charge in [0.15, 0.2) is 5.75 Å². The van der Waals surface area contributed by atoms with E-state index in [0.29, 0.717) is 11.8 Å². The van der Waals surface area contributed by atoms with Crippen molar-refractivity contribution in [2.24, 2.45) is 7.05 Å². The third-order valence-corrected chi connectivity index (χ3v) is 3.56. The number of aromatic nitrogens is 2. The van der Waals surface area contributed by atoms with Gasteiger partial charge in [-0.25, -0.2) is 4.57 Å². The highest BCUT2D eigenvalue weighted by Gasteiger charge is 2.24. The van der Waals surface area contributed by atoms with Gasteiger partial charge in [0.25, 0.3) is 0 Å². The van der Waals surface area contributed by atoms with Gasteiger partial charge >= 0.3 is 11.5 Å². The Hall–Kier alpha value is -2.82. The van der Waals surface area contributed by atoms with Crippen molar-refractivity contribution in [1.82, 2.24) is 4.98 Å². The van der Waals surface area contributed by atoms with Crippen LogP contribution in [0, 0.1) is 0 Å². The molecule has 0 atom stereocenters. The number of rotatable bonds is 1. The average Bonchev–Trinajstić information content (AvgIpc) is 3.03. The number of anilines is 1. The molecule has 4 rings (SSSR count). The number of benzene rings is 1. The molecule has 2 aromatic heterocycles. The largest absolute Gasteiger partial charge is 0.438 e.